The Morgan fingerprint density at radius 2 is 0.818 bits per heavy atom. The van der Waals surface area contributed by atoms with Gasteiger partial charge < -0.3 is 39.0 Å². The van der Waals surface area contributed by atoms with Crippen molar-refractivity contribution in [3.05, 3.63) is 97.2 Å². The summed E-state index contributed by atoms with van der Waals surface area (Å²) in [5.41, 5.74) is 0. The van der Waals surface area contributed by atoms with Crippen LogP contribution < -0.4 is 0 Å². The first-order valence-corrected chi connectivity index (χ1v) is 30.2. The van der Waals surface area contributed by atoms with Gasteiger partial charge >= 0.3 is 23.9 Å². The zero-order valence-corrected chi connectivity index (χ0v) is 48.2. The highest BCUT2D eigenvalue weighted by atomic mass is 16.7. The van der Waals surface area contributed by atoms with Crippen molar-refractivity contribution >= 4 is 23.9 Å². The Morgan fingerprint density at radius 1 is 0.442 bits per heavy atom. The summed E-state index contributed by atoms with van der Waals surface area (Å²) in [5, 5.41) is 31.5. The lowest BCUT2D eigenvalue weighted by molar-refractivity contribution is -0.301. The summed E-state index contributed by atoms with van der Waals surface area (Å²) in [6, 6.07) is 0. The van der Waals surface area contributed by atoms with E-state index in [0.717, 1.165) is 141 Å². The number of aliphatic hydroxyl groups excluding tert-OH is 2. The lowest BCUT2D eigenvalue weighted by Crippen LogP contribution is -2.61. The Labute approximate surface area is 466 Å². The van der Waals surface area contributed by atoms with Gasteiger partial charge in [-0.05, 0) is 116 Å². The fraction of sp³-hybridized carbons (Fsp3) is 0.692. The predicted octanol–water partition coefficient (Wildman–Crippen LogP) is 15.7. The van der Waals surface area contributed by atoms with Crippen LogP contribution in [0.1, 0.15) is 239 Å². The van der Waals surface area contributed by atoms with Gasteiger partial charge in [-0.3, -0.25) is 14.4 Å². The van der Waals surface area contributed by atoms with Crippen LogP contribution in [0.4, 0.5) is 0 Å². The number of allylic oxidation sites excluding steroid dienone is 16. The van der Waals surface area contributed by atoms with E-state index in [4.69, 9.17) is 23.7 Å². The van der Waals surface area contributed by atoms with Crippen LogP contribution in [0.2, 0.25) is 0 Å². The maximum absolute atomic E-state index is 13.2. The monoisotopic (exact) mass is 1080 g/mol. The van der Waals surface area contributed by atoms with Crippen LogP contribution in [0.15, 0.2) is 97.2 Å². The Kier molecular flexibility index (Phi) is 48.0. The number of unbranched alkanes of at least 4 members (excludes halogenated alkanes) is 20. The lowest BCUT2D eigenvalue weighted by Gasteiger charge is -2.40. The molecule has 1 aliphatic rings. The molecule has 12 heteroatoms. The van der Waals surface area contributed by atoms with Crippen LogP contribution in [-0.2, 0) is 42.9 Å². The lowest BCUT2D eigenvalue weighted by atomic mass is 9.98. The van der Waals surface area contributed by atoms with Gasteiger partial charge in [0.2, 0.25) is 0 Å². The number of hydrogen-bond donors (Lipinski definition) is 3. The topological polar surface area (TPSA) is 175 Å². The molecule has 0 spiro atoms. The first-order chi connectivity index (χ1) is 37.6. The van der Waals surface area contributed by atoms with Gasteiger partial charge in [0.05, 0.1) is 6.61 Å². The molecule has 1 fully saturated rings. The van der Waals surface area contributed by atoms with Gasteiger partial charge in [-0.2, -0.15) is 0 Å². The number of aliphatic carboxylic acids is 1. The molecule has 3 N–H and O–H groups in total. The zero-order valence-electron chi connectivity index (χ0n) is 48.2. The quantitative estimate of drug-likeness (QED) is 0.0228. The highest BCUT2D eigenvalue weighted by Gasteiger charge is 2.50. The molecule has 77 heavy (non-hydrogen) atoms. The molecule has 1 aliphatic heterocycles. The van der Waals surface area contributed by atoms with Crippen LogP contribution >= 0.6 is 0 Å². The highest BCUT2D eigenvalue weighted by Crippen LogP contribution is 2.26. The van der Waals surface area contributed by atoms with E-state index in [0.29, 0.717) is 19.3 Å². The zero-order chi connectivity index (χ0) is 56.1. The third-order valence-electron chi connectivity index (χ3n) is 13.1. The summed E-state index contributed by atoms with van der Waals surface area (Å²) in [4.78, 5) is 51.2. The maximum atomic E-state index is 13.2. The van der Waals surface area contributed by atoms with Crippen LogP contribution in [0, 0.1) is 0 Å². The molecule has 0 saturated carbocycles. The summed E-state index contributed by atoms with van der Waals surface area (Å²) < 4.78 is 28.4. The SMILES string of the molecule is CC/C=C\C/C=C\C/C=C\C/C=C\CCCCCCC(=O)OCC(COC1OC(C(=O)O)C(O)C(O)C1OC(=O)CCCCCCC/C=C\C/C=C\C/C=C\CC)OC(=O)CCCCCCC/C=C\CCCCCCCC. The molecule has 0 bridgehead atoms. The summed E-state index contributed by atoms with van der Waals surface area (Å²) in [5.74, 6) is -3.19. The molecule has 0 aromatic heterocycles. The van der Waals surface area contributed by atoms with Crippen LogP contribution in [-0.4, -0.2) is 89.2 Å². The van der Waals surface area contributed by atoms with Crippen molar-refractivity contribution in [1.82, 2.24) is 0 Å². The molecular weight excluding hydrogens is 973 g/mol. The summed E-state index contributed by atoms with van der Waals surface area (Å²) in [6.45, 7) is 5.73. The van der Waals surface area contributed by atoms with Gasteiger partial charge in [-0.25, -0.2) is 4.79 Å². The Bertz CT molecular complexity index is 1710. The Balaban J connectivity index is 2.72. The molecule has 1 saturated heterocycles. The average molecular weight is 1080 g/mol. The number of hydrogen-bond acceptors (Lipinski definition) is 11. The number of carbonyl (C=O) groups excluding carboxylic acids is 3. The van der Waals surface area contributed by atoms with E-state index in [1.807, 2.05) is 0 Å². The summed E-state index contributed by atoms with van der Waals surface area (Å²) >= 11 is 0. The number of rotatable bonds is 50. The molecule has 1 rings (SSSR count). The maximum Gasteiger partial charge on any atom is 0.335 e. The fourth-order valence-corrected chi connectivity index (χ4v) is 8.54. The fourth-order valence-electron chi connectivity index (χ4n) is 8.54. The molecule has 0 radical (unpaired) electrons. The molecule has 1 heterocycles. The molecule has 0 aromatic rings. The minimum Gasteiger partial charge on any atom is -0.479 e. The minimum absolute atomic E-state index is 0.0336. The molecule has 12 nitrogen and oxygen atoms in total. The summed E-state index contributed by atoms with van der Waals surface area (Å²) in [7, 11) is 0. The molecule has 438 valence electrons. The van der Waals surface area contributed by atoms with Crippen molar-refractivity contribution < 1.29 is 58.2 Å². The van der Waals surface area contributed by atoms with Crippen molar-refractivity contribution in [3.63, 3.8) is 0 Å². The van der Waals surface area contributed by atoms with E-state index in [9.17, 15) is 34.5 Å². The van der Waals surface area contributed by atoms with Crippen molar-refractivity contribution in [2.24, 2.45) is 0 Å². The van der Waals surface area contributed by atoms with E-state index in [2.05, 4.69) is 118 Å². The number of carboxylic acids is 1. The Hall–Kier alpha value is -4.36. The van der Waals surface area contributed by atoms with Crippen molar-refractivity contribution in [1.29, 1.82) is 0 Å². The van der Waals surface area contributed by atoms with E-state index in [1.54, 1.807) is 0 Å². The molecule has 6 unspecified atom stereocenters. The van der Waals surface area contributed by atoms with Crippen LogP contribution in [0.3, 0.4) is 0 Å². The van der Waals surface area contributed by atoms with Crippen molar-refractivity contribution in [2.45, 2.75) is 276 Å². The van der Waals surface area contributed by atoms with Gasteiger partial charge in [0, 0.05) is 19.3 Å². The minimum atomic E-state index is -1.92. The highest BCUT2D eigenvalue weighted by molar-refractivity contribution is 5.74. The van der Waals surface area contributed by atoms with Gasteiger partial charge in [-0.15, -0.1) is 0 Å². The van der Waals surface area contributed by atoms with E-state index >= 15 is 0 Å². The molecule has 6 atom stereocenters. The second-order valence-electron chi connectivity index (χ2n) is 20.2. The van der Waals surface area contributed by atoms with Crippen molar-refractivity contribution in [2.75, 3.05) is 13.2 Å². The smallest absolute Gasteiger partial charge is 0.335 e. The molecule has 0 amide bonds. The summed E-state index contributed by atoms with van der Waals surface area (Å²) in [6.07, 6.45) is 56.5. The third kappa shape index (κ3) is 42.3. The van der Waals surface area contributed by atoms with Crippen LogP contribution in [0.25, 0.3) is 0 Å². The first kappa shape index (κ1) is 70.7. The third-order valence-corrected chi connectivity index (χ3v) is 13.1. The standard InChI is InChI=1S/C65H106O12/c1-4-7-10-13-16-19-22-25-28-29-32-33-36-39-42-45-48-51-57(66)73-54-56(75-58(67)52-49-46-43-40-37-34-30-26-23-20-17-14-11-8-5-2)55-74-65-63(61(70)60(69)62(77-65)64(71)72)76-59(68)53-50-47-44-41-38-35-31-27-24-21-18-15-12-9-6-3/h7,9-10,12,16,18-19,21,25-28,30-33,56,60-63,65,69-70H,4-6,8,11,13-15,17,20,22-24,29,34-55H2,1-3H3,(H,71,72)/b10-7-,12-9-,19-16-,21-18-,28-25-,30-26-,31-27-,33-32-. The number of carbonyl (C=O) groups is 4. The normalized spacial score (nSPS) is 18.7. The second-order valence-corrected chi connectivity index (χ2v) is 20.2. The molecular formula is C65H106O12. The molecule has 0 aromatic carbocycles. The van der Waals surface area contributed by atoms with E-state index < -0.39 is 67.3 Å². The van der Waals surface area contributed by atoms with Crippen LogP contribution in [0.5, 0.6) is 0 Å². The second kappa shape index (κ2) is 52.3. The largest absolute Gasteiger partial charge is 0.479 e. The van der Waals surface area contributed by atoms with Gasteiger partial charge in [0.1, 0.15) is 18.8 Å². The van der Waals surface area contributed by atoms with E-state index in [1.165, 1.54) is 38.5 Å². The van der Waals surface area contributed by atoms with E-state index in [-0.39, 0.29) is 25.9 Å². The average Bonchev–Trinajstić information content (AvgIpc) is 3.42. The molecule has 0 aliphatic carbocycles. The van der Waals surface area contributed by atoms with Gasteiger partial charge in [0.15, 0.2) is 24.6 Å². The number of esters is 3. The number of carboxylic acid groups (broad SMARTS) is 1. The van der Waals surface area contributed by atoms with Gasteiger partial charge in [0.25, 0.3) is 0 Å². The predicted molar refractivity (Wildman–Crippen MR) is 312 cm³/mol. The number of ether oxygens (including phenoxy) is 5. The first-order valence-electron chi connectivity index (χ1n) is 30.2. The number of aliphatic hydroxyl groups is 2. The van der Waals surface area contributed by atoms with Crippen molar-refractivity contribution in [3.8, 4) is 0 Å². The van der Waals surface area contributed by atoms with Gasteiger partial charge in [-0.1, -0.05) is 201 Å². The Morgan fingerprint density at radius 3 is 1.26 bits per heavy atom.